The highest BCUT2D eigenvalue weighted by Gasteiger charge is 2.27. The van der Waals surface area contributed by atoms with Crippen molar-refractivity contribution in [1.82, 2.24) is 19.9 Å². The zero-order valence-electron chi connectivity index (χ0n) is 8.67. The standard InChI is InChI=1S/C11H11N5/c12-11-15-9(7-4-5-7)14-10(16-11)8-3-1-2-6-13-8/h1-3,6-7H,4-5H2,(H2,12,14,15,16). The lowest BCUT2D eigenvalue weighted by molar-refractivity contribution is 0.898. The number of nitrogens with two attached hydrogens (primary N) is 1. The number of rotatable bonds is 2. The Bertz CT molecular complexity index is 507. The predicted molar refractivity (Wildman–Crippen MR) is 59.4 cm³/mol. The van der Waals surface area contributed by atoms with E-state index in [1.54, 1.807) is 6.20 Å². The molecule has 0 radical (unpaired) electrons. The second-order valence-corrected chi connectivity index (χ2v) is 3.86. The van der Waals surface area contributed by atoms with Crippen molar-refractivity contribution in [1.29, 1.82) is 0 Å². The van der Waals surface area contributed by atoms with Gasteiger partial charge in [-0.15, -0.1) is 0 Å². The average Bonchev–Trinajstić information content (AvgIpc) is 3.13. The number of hydrogen-bond acceptors (Lipinski definition) is 5. The molecule has 0 aliphatic heterocycles. The maximum Gasteiger partial charge on any atom is 0.223 e. The molecule has 0 bridgehead atoms. The first-order valence-corrected chi connectivity index (χ1v) is 5.26. The molecule has 0 atom stereocenters. The lowest BCUT2D eigenvalue weighted by Crippen LogP contribution is -2.04. The minimum atomic E-state index is 0.276. The van der Waals surface area contributed by atoms with Crippen molar-refractivity contribution in [3.8, 4) is 11.5 Å². The van der Waals surface area contributed by atoms with Gasteiger partial charge in [-0.1, -0.05) is 6.07 Å². The minimum Gasteiger partial charge on any atom is -0.368 e. The van der Waals surface area contributed by atoms with Gasteiger partial charge < -0.3 is 5.73 Å². The van der Waals surface area contributed by atoms with E-state index in [0.717, 1.165) is 24.4 Å². The molecule has 2 aromatic heterocycles. The summed E-state index contributed by atoms with van der Waals surface area (Å²) in [5, 5.41) is 0. The average molecular weight is 213 g/mol. The molecule has 2 aromatic rings. The molecule has 2 heterocycles. The van der Waals surface area contributed by atoms with Gasteiger partial charge in [0.1, 0.15) is 11.5 Å². The highest BCUT2D eigenvalue weighted by atomic mass is 15.1. The summed E-state index contributed by atoms with van der Waals surface area (Å²) in [7, 11) is 0. The fourth-order valence-corrected chi connectivity index (χ4v) is 1.54. The van der Waals surface area contributed by atoms with Gasteiger partial charge in [0.15, 0.2) is 5.82 Å². The maximum absolute atomic E-state index is 5.67. The van der Waals surface area contributed by atoms with Crippen LogP contribution in [0, 0.1) is 0 Å². The van der Waals surface area contributed by atoms with Crippen molar-refractivity contribution in [3.05, 3.63) is 30.2 Å². The van der Waals surface area contributed by atoms with E-state index in [1.165, 1.54) is 0 Å². The molecule has 1 aliphatic carbocycles. The quantitative estimate of drug-likeness (QED) is 0.815. The molecule has 5 nitrogen and oxygen atoms in total. The third-order valence-electron chi connectivity index (χ3n) is 2.51. The van der Waals surface area contributed by atoms with Crippen LogP contribution in [-0.2, 0) is 0 Å². The van der Waals surface area contributed by atoms with E-state index in [-0.39, 0.29) is 5.95 Å². The largest absolute Gasteiger partial charge is 0.368 e. The molecule has 16 heavy (non-hydrogen) atoms. The van der Waals surface area contributed by atoms with E-state index in [2.05, 4.69) is 19.9 Å². The third kappa shape index (κ3) is 1.71. The Kier molecular flexibility index (Phi) is 2.02. The van der Waals surface area contributed by atoms with Gasteiger partial charge in [0.2, 0.25) is 5.95 Å². The number of anilines is 1. The molecule has 3 rings (SSSR count). The van der Waals surface area contributed by atoms with Gasteiger partial charge in [0, 0.05) is 12.1 Å². The molecule has 80 valence electrons. The van der Waals surface area contributed by atoms with Crippen LogP contribution in [0.25, 0.3) is 11.5 Å². The van der Waals surface area contributed by atoms with Gasteiger partial charge in [-0.25, -0.2) is 4.98 Å². The van der Waals surface area contributed by atoms with Crippen molar-refractivity contribution in [2.24, 2.45) is 0 Å². The molecule has 0 amide bonds. The summed E-state index contributed by atoms with van der Waals surface area (Å²) >= 11 is 0. The Morgan fingerprint density at radius 3 is 2.69 bits per heavy atom. The molecule has 1 fully saturated rings. The fourth-order valence-electron chi connectivity index (χ4n) is 1.54. The van der Waals surface area contributed by atoms with Crippen molar-refractivity contribution in [2.45, 2.75) is 18.8 Å². The first kappa shape index (κ1) is 9.21. The van der Waals surface area contributed by atoms with Crippen LogP contribution in [0.2, 0.25) is 0 Å². The van der Waals surface area contributed by atoms with Crippen LogP contribution in [0.3, 0.4) is 0 Å². The molecule has 0 saturated heterocycles. The molecule has 5 heteroatoms. The topological polar surface area (TPSA) is 77.6 Å². The fraction of sp³-hybridized carbons (Fsp3) is 0.273. The predicted octanol–water partition coefficient (Wildman–Crippen LogP) is 1.39. The maximum atomic E-state index is 5.67. The molecule has 0 spiro atoms. The highest BCUT2D eigenvalue weighted by molar-refractivity contribution is 5.49. The zero-order valence-corrected chi connectivity index (χ0v) is 8.67. The second kappa shape index (κ2) is 3.52. The van der Waals surface area contributed by atoms with Crippen LogP contribution in [0.4, 0.5) is 5.95 Å². The van der Waals surface area contributed by atoms with E-state index in [4.69, 9.17) is 5.73 Å². The monoisotopic (exact) mass is 213 g/mol. The number of nitrogens with zero attached hydrogens (tertiary/aromatic N) is 4. The van der Waals surface area contributed by atoms with Crippen LogP contribution in [0.1, 0.15) is 24.6 Å². The van der Waals surface area contributed by atoms with Crippen LogP contribution in [0.15, 0.2) is 24.4 Å². The summed E-state index contributed by atoms with van der Waals surface area (Å²) in [6, 6.07) is 5.63. The Hall–Kier alpha value is -2.04. The van der Waals surface area contributed by atoms with Gasteiger partial charge in [-0.3, -0.25) is 4.98 Å². The Morgan fingerprint density at radius 1 is 1.12 bits per heavy atom. The summed E-state index contributed by atoms with van der Waals surface area (Å²) < 4.78 is 0. The molecular weight excluding hydrogens is 202 g/mol. The summed E-state index contributed by atoms with van der Waals surface area (Å²) in [6.45, 7) is 0. The SMILES string of the molecule is Nc1nc(-c2ccccn2)nc(C2CC2)n1. The Balaban J connectivity index is 2.06. The van der Waals surface area contributed by atoms with Gasteiger partial charge in [0.25, 0.3) is 0 Å². The molecule has 0 unspecified atom stereocenters. The first-order chi connectivity index (χ1) is 7.83. The number of pyridine rings is 1. The van der Waals surface area contributed by atoms with Crippen molar-refractivity contribution < 1.29 is 0 Å². The van der Waals surface area contributed by atoms with E-state index >= 15 is 0 Å². The van der Waals surface area contributed by atoms with Gasteiger partial charge in [-0.05, 0) is 25.0 Å². The molecular formula is C11H11N5. The smallest absolute Gasteiger partial charge is 0.223 e. The lowest BCUT2D eigenvalue weighted by atomic mass is 10.3. The lowest BCUT2D eigenvalue weighted by Gasteiger charge is -2.02. The van der Waals surface area contributed by atoms with E-state index in [9.17, 15) is 0 Å². The molecule has 1 saturated carbocycles. The second-order valence-electron chi connectivity index (χ2n) is 3.86. The van der Waals surface area contributed by atoms with Crippen LogP contribution >= 0.6 is 0 Å². The number of hydrogen-bond donors (Lipinski definition) is 1. The van der Waals surface area contributed by atoms with Gasteiger partial charge in [0.05, 0.1) is 0 Å². The Labute approximate surface area is 92.8 Å². The molecule has 1 aliphatic rings. The normalized spacial score (nSPS) is 15.0. The van der Waals surface area contributed by atoms with E-state index in [0.29, 0.717) is 11.7 Å². The summed E-state index contributed by atoms with van der Waals surface area (Å²) in [4.78, 5) is 16.9. The first-order valence-electron chi connectivity index (χ1n) is 5.26. The van der Waals surface area contributed by atoms with Gasteiger partial charge >= 0.3 is 0 Å². The van der Waals surface area contributed by atoms with E-state index in [1.807, 2.05) is 18.2 Å². The third-order valence-corrected chi connectivity index (χ3v) is 2.51. The number of aromatic nitrogens is 4. The van der Waals surface area contributed by atoms with Crippen molar-refractivity contribution in [3.63, 3.8) is 0 Å². The van der Waals surface area contributed by atoms with Crippen LogP contribution in [0.5, 0.6) is 0 Å². The summed E-state index contributed by atoms with van der Waals surface area (Å²) in [6.07, 6.45) is 4.00. The van der Waals surface area contributed by atoms with E-state index < -0.39 is 0 Å². The summed E-state index contributed by atoms with van der Waals surface area (Å²) in [5.74, 6) is 2.11. The Morgan fingerprint density at radius 2 is 2.00 bits per heavy atom. The highest BCUT2D eigenvalue weighted by Crippen LogP contribution is 2.38. The molecule has 0 aromatic carbocycles. The number of nitrogen functional groups attached to an aromatic ring is 1. The summed E-state index contributed by atoms with van der Waals surface area (Å²) in [5.41, 5.74) is 6.41. The minimum absolute atomic E-state index is 0.276. The van der Waals surface area contributed by atoms with Crippen LogP contribution in [-0.4, -0.2) is 19.9 Å². The molecule has 2 N–H and O–H groups in total. The van der Waals surface area contributed by atoms with Crippen LogP contribution < -0.4 is 5.73 Å². The van der Waals surface area contributed by atoms with Crippen molar-refractivity contribution in [2.75, 3.05) is 5.73 Å². The zero-order chi connectivity index (χ0) is 11.0. The van der Waals surface area contributed by atoms with Gasteiger partial charge in [-0.2, -0.15) is 9.97 Å². The van der Waals surface area contributed by atoms with Crippen molar-refractivity contribution >= 4 is 5.95 Å².